The fourth-order valence-corrected chi connectivity index (χ4v) is 1.67. The average Bonchev–Trinajstić information content (AvgIpc) is 2.18. The van der Waals surface area contributed by atoms with Crippen LogP contribution in [-0.4, -0.2) is 29.0 Å². The average molecular weight is 287 g/mol. The number of hydrogen-bond donors (Lipinski definition) is 2. The van der Waals surface area contributed by atoms with Crippen molar-refractivity contribution in [2.45, 2.75) is 32.9 Å². The Balaban J connectivity index is 2.85. The van der Waals surface area contributed by atoms with E-state index in [2.05, 4.69) is 5.32 Å². The number of halogens is 1. The molecule has 0 aliphatic carbocycles. The maximum absolute atomic E-state index is 11.7. The zero-order chi connectivity index (χ0) is 14.6. The summed E-state index contributed by atoms with van der Waals surface area (Å²) in [5.41, 5.74) is 0.688. The Labute approximate surface area is 118 Å². The highest BCUT2D eigenvalue weighted by molar-refractivity contribution is 6.30. The molecule has 0 aliphatic heterocycles. The van der Waals surface area contributed by atoms with E-state index >= 15 is 0 Å². The molecule has 6 heteroatoms. The van der Waals surface area contributed by atoms with Gasteiger partial charge in [-0.1, -0.05) is 11.6 Å². The summed E-state index contributed by atoms with van der Waals surface area (Å²) in [5, 5.41) is 13.5. The Morgan fingerprint density at radius 3 is 2.63 bits per heavy atom. The first-order chi connectivity index (χ1) is 8.67. The monoisotopic (exact) mass is 286 g/mol. The highest BCUT2D eigenvalue weighted by Crippen LogP contribution is 2.22. The summed E-state index contributed by atoms with van der Waals surface area (Å²) in [6.45, 7) is 5.61. The second-order valence-corrected chi connectivity index (χ2v) is 5.68. The lowest BCUT2D eigenvalue weighted by atomic mass is 10.1. The van der Waals surface area contributed by atoms with E-state index in [4.69, 9.17) is 16.3 Å². The number of amides is 1. The van der Waals surface area contributed by atoms with Gasteiger partial charge in [0.1, 0.15) is 5.60 Å². The van der Waals surface area contributed by atoms with Gasteiger partial charge in [-0.15, -0.1) is 0 Å². The number of anilines is 1. The lowest BCUT2D eigenvalue weighted by Gasteiger charge is -2.21. The summed E-state index contributed by atoms with van der Waals surface area (Å²) in [7, 11) is 1.51. The van der Waals surface area contributed by atoms with Gasteiger partial charge in [-0.2, -0.15) is 5.06 Å². The van der Waals surface area contributed by atoms with Crippen molar-refractivity contribution >= 4 is 23.4 Å². The number of rotatable bonds is 3. The summed E-state index contributed by atoms with van der Waals surface area (Å²) in [6.07, 6.45) is -0.545. The number of ether oxygens (including phenoxy) is 1. The van der Waals surface area contributed by atoms with Crippen LogP contribution in [0.2, 0.25) is 5.02 Å². The number of benzene rings is 1. The first kappa shape index (κ1) is 15.8. The van der Waals surface area contributed by atoms with Crippen molar-refractivity contribution in [2.75, 3.05) is 12.4 Å². The molecule has 106 valence electrons. The zero-order valence-corrected chi connectivity index (χ0v) is 12.3. The molecule has 0 saturated heterocycles. The van der Waals surface area contributed by atoms with E-state index in [1.807, 2.05) is 0 Å². The minimum atomic E-state index is -0.565. The smallest absolute Gasteiger partial charge is 0.412 e. The fourth-order valence-electron chi connectivity index (χ4n) is 1.48. The molecule has 0 bridgehead atoms. The molecule has 1 aromatic carbocycles. The maximum atomic E-state index is 11.7. The molecule has 0 radical (unpaired) electrons. The highest BCUT2D eigenvalue weighted by atomic mass is 35.5. The van der Waals surface area contributed by atoms with Crippen molar-refractivity contribution < 1.29 is 14.7 Å². The Kier molecular flexibility index (Phi) is 5.17. The molecule has 1 rings (SSSR count). The molecule has 0 atom stereocenters. The molecule has 0 saturated carbocycles. The van der Waals surface area contributed by atoms with Gasteiger partial charge in [-0.3, -0.25) is 5.32 Å². The molecule has 0 fully saturated rings. The first-order valence-corrected chi connectivity index (χ1v) is 6.23. The normalized spacial score (nSPS) is 11.5. The number of nitrogens with one attached hydrogen (secondary N) is 1. The van der Waals surface area contributed by atoms with E-state index in [1.165, 1.54) is 7.05 Å². The van der Waals surface area contributed by atoms with Crippen molar-refractivity contribution in [1.29, 1.82) is 0 Å². The predicted molar refractivity (Wildman–Crippen MR) is 74.6 cm³/mol. The summed E-state index contributed by atoms with van der Waals surface area (Å²) < 4.78 is 5.17. The van der Waals surface area contributed by atoms with E-state index in [1.54, 1.807) is 39.0 Å². The van der Waals surface area contributed by atoms with Crippen molar-refractivity contribution in [3.05, 3.63) is 28.8 Å². The highest BCUT2D eigenvalue weighted by Gasteiger charge is 2.17. The zero-order valence-electron chi connectivity index (χ0n) is 11.5. The summed E-state index contributed by atoms with van der Waals surface area (Å²) in [6, 6.07) is 5.02. The molecule has 19 heavy (non-hydrogen) atoms. The van der Waals surface area contributed by atoms with Gasteiger partial charge in [0, 0.05) is 17.8 Å². The van der Waals surface area contributed by atoms with Crippen LogP contribution >= 0.6 is 11.6 Å². The number of carbonyl (C=O) groups is 1. The van der Waals surface area contributed by atoms with Crippen LogP contribution in [0.15, 0.2) is 18.2 Å². The molecule has 0 spiro atoms. The molecular weight excluding hydrogens is 268 g/mol. The molecule has 1 amide bonds. The van der Waals surface area contributed by atoms with Crippen LogP contribution in [0.4, 0.5) is 10.5 Å². The molecule has 0 heterocycles. The molecule has 2 N–H and O–H groups in total. The van der Waals surface area contributed by atoms with Crippen LogP contribution in [-0.2, 0) is 11.3 Å². The summed E-state index contributed by atoms with van der Waals surface area (Å²) >= 11 is 5.90. The van der Waals surface area contributed by atoms with E-state index in [9.17, 15) is 10.0 Å². The van der Waals surface area contributed by atoms with Gasteiger partial charge in [-0.05, 0) is 44.5 Å². The largest absolute Gasteiger partial charge is 0.444 e. The van der Waals surface area contributed by atoms with Gasteiger partial charge < -0.3 is 9.94 Å². The van der Waals surface area contributed by atoms with Crippen LogP contribution in [0.25, 0.3) is 0 Å². The van der Waals surface area contributed by atoms with E-state index in [0.717, 1.165) is 5.06 Å². The summed E-state index contributed by atoms with van der Waals surface area (Å²) in [4.78, 5) is 11.7. The number of hydrogen-bond acceptors (Lipinski definition) is 4. The number of carbonyl (C=O) groups excluding carboxylic acids is 1. The predicted octanol–water partition coefficient (Wildman–Crippen LogP) is 3.51. The number of hydroxylamine groups is 2. The third kappa shape index (κ3) is 5.92. The standard InChI is InChI=1S/C13H19ClN2O3/c1-13(2,3)19-12(17)15-11-6-5-10(14)7-9(11)8-16(4)18/h5-7,18H,8H2,1-4H3,(H,15,17). The van der Waals surface area contributed by atoms with Gasteiger partial charge in [0.2, 0.25) is 0 Å². The van der Waals surface area contributed by atoms with Gasteiger partial charge >= 0.3 is 6.09 Å². The topological polar surface area (TPSA) is 61.8 Å². The maximum Gasteiger partial charge on any atom is 0.412 e. The van der Waals surface area contributed by atoms with Gasteiger partial charge in [0.15, 0.2) is 0 Å². The van der Waals surface area contributed by atoms with Crippen molar-refractivity contribution in [2.24, 2.45) is 0 Å². The Morgan fingerprint density at radius 2 is 2.11 bits per heavy atom. The van der Waals surface area contributed by atoms with Crippen LogP contribution in [0.3, 0.4) is 0 Å². The lowest BCUT2D eigenvalue weighted by Crippen LogP contribution is -2.27. The molecule has 0 unspecified atom stereocenters. The second-order valence-electron chi connectivity index (χ2n) is 5.24. The van der Waals surface area contributed by atoms with Crippen LogP contribution in [0.1, 0.15) is 26.3 Å². The Bertz CT molecular complexity index is 456. The third-order valence-electron chi connectivity index (χ3n) is 2.10. The number of nitrogens with zero attached hydrogens (tertiary/aromatic N) is 1. The Morgan fingerprint density at radius 1 is 1.47 bits per heavy atom. The van der Waals surface area contributed by atoms with Gasteiger partial charge in [0.05, 0.1) is 6.54 Å². The lowest BCUT2D eigenvalue weighted by molar-refractivity contribution is -0.0730. The van der Waals surface area contributed by atoms with Gasteiger partial charge in [-0.25, -0.2) is 4.79 Å². The fraction of sp³-hybridized carbons (Fsp3) is 0.462. The van der Waals surface area contributed by atoms with E-state index < -0.39 is 11.7 Å². The van der Waals surface area contributed by atoms with Crippen LogP contribution in [0, 0.1) is 0 Å². The quantitative estimate of drug-likeness (QED) is 0.835. The molecule has 1 aromatic rings. The van der Waals surface area contributed by atoms with Crippen molar-refractivity contribution in [3.63, 3.8) is 0 Å². The minimum Gasteiger partial charge on any atom is -0.444 e. The van der Waals surface area contributed by atoms with Crippen molar-refractivity contribution in [3.8, 4) is 0 Å². The molecule has 0 aliphatic rings. The molecule has 5 nitrogen and oxygen atoms in total. The van der Waals surface area contributed by atoms with Crippen LogP contribution < -0.4 is 5.32 Å². The van der Waals surface area contributed by atoms with Crippen LogP contribution in [0.5, 0.6) is 0 Å². The SMILES string of the molecule is CN(O)Cc1cc(Cl)ccc1NC(=O)OC(C)(C)C. The van der Waals surface area contributed by atoms with E-state index in [0.29, 0.717) is 16.3 Å². The Hall–Kier alpha value is -1.30. The third-order valence-corrected chi connectivity index (χ3v) is 2.34. The molecule has 0 aromatic heterocycles. The summed E-state index contributed by atoms with van der Waals surface area (Å²) in [5.74, 6) is 0. The van der Waals surface area contributed by atoms with E-state index in [-0.39, 0.29) is 6.54 Å². The van der Waals surface area contributed by atoms with Crippen molar-refractivity contribution in [1.82, 2.24) is 5.06 Å². The van der Waals surface area contributed by atoms with Gasteiger partial charge in [0.25, 0.3) is 0 Å². The second kappa shape index (κ2) is 6.23. The first-order valence-electron chi connectivity index (χ1n) is 5.86. The molecular formula is C13H19ClN2O3. The minimum absolute atomic E-state index is 0.242.